The van der Waals surface area contributed by atoms with E-state index in [0.29, 0.717) is 17.0 Å². The van der Waals surface area contributed by atoms with Crippen molar-refractivity contribution in [1.29, 1.82) is 5.26 Å². The first-order valence-corrected chi connectivity index (χ1v) is 6.07. The van der Waals surface area contributed by atoms with Gasteiger partial charge in [0.1, 0.15) is 30.1 Å². The molecule has 0 radical (unpaired) electrons. The quantitative estimate of drug-likeness (QED) is 0.666. The maximum Gasteiger partial charge on any atom is 0.203 e. The fourth-order valence-electron chi connectivity index (χ4n) is 2.45. The van der Waals surface area contributed by atoms with Crippen LogP contribution in [0.25, 0.3) is 5.52 Å². The Balaban J connectivity index is 2.02. The van der Waals surface area contributed by atoms with E-state index in [4.69, 9.17) is 15.7 Å². The van der Waals surface area contributed by atoms with Crippen molar-refractivity contribution < 1.29 is 14.9 Å². The number of nitriles is 1. The average Bonchev–Trinajstić information content (AvgIpc) is 3.01. The Labute approximate surface area is 114 Å². The Morgan fingerprint density at radius 3 is 3.05 bits per heavy atom. The van der Waals surface area contributed by atoms with Crippen molar-refractivity contribution in [3.63, 3.8) is 0 Å². The van der Waals surface area contributed by atoms with Gasteiger partial charge in [-0.15, -0.1) is 0 Å². The molecule has 2 aromatic rings. The number of nitrogens with zero attached hydrogens (tertiary/aromatic N) is 4. The van der Waals surface area contributed by atoms with E-state index in [9.17, 15) is 10.2 Å². The van der Waals surface area contributed by atoms with Crippen LogP contribution in [-0.2, 0) is 4.74 Å². The molecule has 104 valence electrons. The molecule has 8 heteroatoms. The van der Waals surface area contributed by atoms with Crippen LogP contribution in [-0.4, -0.2) is 43.1 Å². The Bertz CT molecular complexity index is 694. The predicted molar refractivity (Wildman–Crippen MR) is 67.3 cm³/mol. The van der Waals surface area contributed by atoms with Crippen LogP contribution in [0.3, 0.4) is 0 Å². The third-order valence-corrected chi connectivity index (χ3v) is 3.59. The number of ether oxygens (including phenoxy) is 1. The van der Waals surface area contributed by atoms with Gasteiger partial charge in [-0.3, -0.25) is 0 Å². The van der Waals surface area contributed by atoms with E-state index in [1.54, 1.807) is 16.6 Å². The van der Waals surface area contributed by atoms with E-state index in [1.165, 1.54) is 6.33 Å². The molecular formula is C12H13N5O3. The lowest BCUT2D eigenvalue weighted by atomic mass is 9.99. The van der Waals surface area contributed by atoms with E-state index in [0.717, 1.165) is 0 Å². The lowest BCUT2D eigenvalue weighted by Gasteiger charge is -2.21. The smallest absolute Gasteiger partial charge is 0.203 e. The molecule has 3 rings (SSSR count). The SMILES string of the molecule is N#C[C@]1(CO)OC(c2ccc3c(N)ncnn23)CC1O. The summed E-state index contributed by atoms with van der Waals surface area (Å²) in [6, 6.07) is 5.33. The minimum atomic E-state index is -1.59. The summed E-state index contributed by atoms with van der Waals surface area (Å²) in [5, 5.41) is 32.5. The van der Waals surface area contributed by atoms with Gasteiger partial charge in [0.05, 0.1) is 12.3 Å². The molecule has 2 aromatic heterocycles. The Kier molecular flexibility index (Phi) is 2.83. The Morgan fingerprint density at radius 2 is 2.40 bits per heavy atom. The molecule has 0 aromatic carbocycles. The molecule has 0 spiro atoms. The highest BCUT2D eigenvalue weighted by Crippen LogP contribution is 2.39. The number of hydrogen-bond acceptors (Lipinski definition) is 7. The van der Waals surface area contributed by atoms with Crippen LogP contribution in [0, 0.1) is 11.3 Å². The van der Waals surface area contributed by atoms with E-state index in [1.807, 2.05) is 6.07 Å². The van der Waals surface area contributed by atoms with Gasteiger partial charge in [-0.2, -0.15) is 10.4 Å². The summed E-state index contributed by atoms with van der Waals surface area (Å²) in [6.07, 6.45) is -0.0915. The van der Waals surface area contributed by atoms with Crippen molar-refractivity contribution in [2.45, 2.75) is 24.2 Å². The van der Waals surface area contributed by atoms with E-state index >= 15 is 0 Å². The highest BCUT2D eigenvalue weighted by atomic mass is 16.5. The van der Waals surface area contributed by atoms with Crippen molar-refractivity contribution in [3.8, 4) is 6.07 Å². The number of fused-ring (bicyclic) bond motifs is 1. The summed E-state index contributed by atoms with van der Waals surface area (Å²) < 4.78 is 7.13. The number of aliphatic hydroxyl groups is 2. The van der Waals surface area contributed by atoms with Crippen LogP contribution in [0.1, 0.15) is 18.2 Å². The van der Waals surface area contributed by atoms with Crippen LogP contribution < -0.4 is 5.73 Å². The molecule has 1 fully saturated rings. The van der Waals surface area contributed by atoms with Gasteiger partial charge in [-0.05, 0) is 12.1 Å². The number of rotatable bonds is 2. The molecular weight excluding hydrogens is 262 g/mol. The maximum absolute atomic E-state index is 9.96. The second kappa shape index (κ2) is 4.42. The zero-order valence-electron chi connectivity index (χ0n) is 10.5. The van der Waals surface area contributed by atoms with Gasteiger partial charge in [0.25, 0.3) is 0 Å². The summed E-state index contributed by atoms with van der Waals surface area (Å²) in [6.45, 7) is -0.568. The molecule has 8 nitrogen and oxygen atoms in total. The molecule has 0 bridgehead atoms. The number of anilines is 1. The average molecular weight is 275 g/mol. The summed E-state index contributed by atoms with van der Waals surface area (Å²) in [7, 11) is 0. The molecule has 2 unspecified atom stereocenters. The molecule has 1 aliphatic rings. The first kappa shape index (κ1) is 12.8. The third kappa shape index (κ3) is 1.65. The number of aliphatic hydroxyl groups excluding tert-OH is 2. The molecule has 4 N–H and O–H groups in total. The monoisotopic (exact) mass is 275 g/mol. The van der Waals surface area contributed by atoms with Crippen LogP contribution in [0.5, 0.6) is 0 Å². The Morgan fingerprint density at radius 1 is 1.60 bits per heavy atom. The van der Waals surface area contributed by atoms with Gasteiger partial charge in [0.15, 0.2) is 5.82 Å². The fraction of sp³-hybridized carbons (Fsp3) is 0.417. The van der Waals surface area contributed by atoms with Crippen LogP contribution in [0.15, 0.2) is 18.5 Å². The second-order valence-corrected chi connectivity index (χ2v) is 4.72. The lowest BCUT2D eigenvalue weighted by Crippen LogP contribution is -2.41. The number of hydrogen-bond donors (Lipinski definition) is 3. The summed E-state index contributed by atoms with van der Waals surface area (Å²) in [4.78, 5) is 3.89. The third-order valence-electron chi connectivity index (χ3n) is 3.59. The lowest BCUT2D eigenvalue weighted by molar-refractivity contribution is -0.0746. The first-order chi connectivity index (χ1) is 9.61. The molecule has 0 amide bonds. The number of nitrogens with two attached hydrogens (primary N) is 1. The molecule has 1 aliphatic heterocycles. The van der Waals surface area contributed by atoms with Crippen molar-refractivity contribution >= 4 is 11.3 Å². The molecule has 20 heavy (non-hydrogen) atoms. The van der Waals surface area contributed by atoms with Crippen LogP contribution in [0.4, 0.5) is 5.82 Å². The maximum atomic E-state index is 9.96. The minimum absolute atomic E-state index is 0.199. The fourth-order valence-corrected chi connectivity index (χ4v) is 2.45. The van der Waals surface area contributed by atoms with E-state index in [-0.39, 0.29) is 6.42 Å². The zero-order chi connectivity index (χ0) is 14.3. The van der Waals surface area contributed by atoms with Crippen LogP contribution >= 0.6 is 0 Å². The van der Waals surface area contributed by atoms with Gasteiger partial charge in [0.2, 0.25) is 5.60 Å². The highest BCUT2D eigenvalue weighted by molar-refractivity contribution is 5.65. The second-order valence-electron chi connectivity index (χ2n) is 4.72. The minimum Gasteiger partial charge on any atom is -0.392 e. The van der Waals surface area contributed by atoms with Gasteiger partial charge < -0.3 is 20.7 Å². The normalized spacial score (nSPS) is 29.6. The number of aromatic nitrogens is 3. The summed E-state index contributed by atoms with van der Waals surface area (Å²) >= 11 is 0. The van der Waals surface area contributed by atoms with Gasteiger partial charge in [-0.1, -0.05) is 0 Å². The van der Waals surface area contributed by atoms with Gasteiger partial charge in [0, 0.05) is 6.42 Å². The van der Waals surface area contributed by atoms with E-state index in [2.05, 4.69) is 10.1 Å². The molecule has 1 saturated heterocycles. The predicted octanol–water partition coefficient (Wildman–Crippen LogP) is -0.612. The van der Waals surface area contributed by atoms with Crippen LogP contribution in [0.2, 0.25) is 0 Å². The molecule has 3 heterocycles. The molecule has 3 atom stereocenters. The largest absolute Gasteiger partial charge is 0.392 e. The Hall–Kier alpha value is -2.21. The van der Waals surface area contributed by atoms with Crippen molar-refractivity contribution in [2.24, 2.45) is 0 Å². The summed E-state index contributed by atoms with van der Waals surface area (Å²) in [5.74, 6) is 0.332. The molecule has 0 aliphatic carbocycles. The highest BCUT2D eigenvalue weighted by Gasteiger charge is 2.49. The molecule has 0 saturated carbocycles. The van der Waals surface area contributed by atoms with Gasteiger partial charge in [-0.25, -0.2) is 9.50 Å². The summed E-state index contributed by atoms with van der Waals surface area (Å²) in [5.41, 5.74) is 5.43. The van der Waals surface area contributed by atoms with Gasteiger partial charge >= 0.3 is 0 Å². The van der Waals surface area contributed by atoms with Crippen molar-refractivity contribution in [3.05, 3.63) is 24.2 Å². The van der Waals surface area contributed by atoms with Crippen molar-refractivity contribution in [2.75, 3.05) is 12.3 Å². The zero-order valence-corrected chi connectivity index (χ0v) is 10.5. The van der Waals surface area contributed by atoms with Crippen molar-refractivity contribution in [1.82, 2.24) is 14.6 Å². The first-order valence-electron chi connectivity index (χ1n) is 6.07. The number of nitrogen functional groups attached to an aromatic ring is 1. The standard InChI is InChI=1S/C12H13N5O3/c13-4-12(5-18)10(19)3-9(20-12)7-1-2-8-11(14)15-6-16-17(7)8/h1-2,6,9-10,18-19H,3,5H2,(H2,14,15,16)/t9?,10?,12-/m1/s1. The topological polar surface area (TPSA) is 130 Å². The van der Waals surface area contributed by atoms with E-state index < -0.39 is 24.4 Å².